The van der Waals surface area contributed by atoms with Gasteiger partial charge in [0, 0.05) is 19.5 Å². The molecule has 0 unspecified atom stereocenters. The number of likely N-dealkylation sites (tertiary alicyclic amines) is 1. The molecule has 1 aliphatic heterocycles. The van der Waals surface area contributed by atoms with Crippen LogP contribution in [0.15, 0.2) is 59.1 Å². The molecule has 1 fully saturated rings. The number of hydrogen-bond donors (Lipinski definition) is 0. The molecule has 0 N–H and O–H groups in total. The number of piperidine rings is 1. The quantitative estimate of drug-likeness (QED) is 0.603. The molecule has 1 saturated heterocycles. The molecule has 2 aromatic carbocycles. The molecule has 4 rings (SSSR count). The molecular formula is C24H25FN2O3. The second kappa shape index (κ2) is 9.11. The molecule has 5 nitrogen and oxygen atoms in total. The summed E-state index contributed by atoms with van der Waals surface area (Å²) in [7, 11) is 0. The Bertz CT molecular complexity index is 1000. The molecule has 0 radical (unpaired) electrons. The predicted molar refractivity (Wildman–Crippen MR) is 111 cm³/mol. The first-order valence-corrected chi connectivity index (χ1v) is 10.2. The molecule has 1 amide bonds. The number of oxazole rings is 1. The van der Waals surface area contributed by atoms with E-state index < -0.39 is 0 Å². The van der Waals surface area contributed by atoms with Crippen molar-refractivity contribution < 1.29 is 18.3 Å². The van der Waals surface area contributed by atoms with E-state index in [1.54, 1.807) is 18.3 Å². The number of aromatic nitrogens is 1. The van der Waals surface area contributed by atoms with E-state index in [0.29, 0.717) is 18.9 Å². The van der Waals surface area contributed by atoms with E-state index in [1.165, 1.54) is 12.1 Å². The van der Waals surface area contributed by atoms with Crippen LogP contribution in [0.4, 0.5) is 4.39 Å². The smallest absolute Gasteiger partial charge is 0.260 e. The van der Waals surface area contributed by atoms with Gasteiger partial charge in [-0.15, -0.1) is 0 Å². The second-order valence-electron chi connectivity index (χ2n) is 7.70. The largest absolute Gasteiger partial charge is 0.484 e. The van der Waals surface area contributed by atoms with E-state index in [-0.39, 0.29) is 24.2 Å². The lowest BCUT2D eigenvalue weighted by molar-refractivity contribution is -0.134. The lowest BCUT2D eigenvalue weighted by Crippen LogP contribution is -2.41. The number of rotatable bonds is 6. The fourth-order valence-corrected chi connectivity index (χ4v) is 3.75. The van der Waals surface area contributed by atoms with Gasteiger partial charge in [-0.1, -0.05) is 30.3 Å². The Morgan fingerprint density at radius 2 is 2.03 bits per heavy atom. The monoisotopic (exact) mass is 408 g/mol. The number of carbonyl (C=O) groups excluding carboxylic acids is 1. The average molecular weight is 408 g/mol. The van der Waals surface area contributed by atoms with Gasteiger partial charge in [-0.25, -0.2) is 9.37 Å². The third-order valence-electron chi connectivity index (χ3n) is 5.43. The normalized spacial score (nSPS) is 16.5. The van der Waals surface area contributed by atoms with Gasteiger partial charge < -0.3 is 14.1 Å². The molecule has 156 valence electrons. The minimum Gasteiger partial charge on any atom is -0.484 e. The van der Waals surface area contributed by atoms with Gasteiger partial charge in [0.1, 0.15) is 17.3 Å². The number of carbonyl (C=O) groups is 1. The SMILES string of the molecule is Cc1ccccc1OCC(=O)N1CCC[C@@H](c2ncc(Cc3ccc(F)cc3)o2)C1. The van der Waals surface area contributed by atoms with E-state index in [0.717, 1.165) is 42.0 Å². The Hall–Kier alpha value is -3.15. The van der Waals surface area contributed by atoms with E-state index in [4.69, 9.17) is 9.15 Å². The van der Waals surface area contributed by atoms with Crippen LogP contribution in [0.1, 0.15) is 41.5 Å². The molecule has 0 saturated carbocycles. The highest BCUT2D eigenvalue weighted by molar-refractivity contribution is 5.78. The molecule has 0 aliphatic carbocycles. The summed E-state index contributed by atoms with van der Waals surface area (Å²) in [6.45, 7) is 3.28. The number of nitrogens with zero attached hydrogens (tertiary/aromatic N) is 2. The molecule has 0 bridgehead atoms. The van der Waals surface area contributed by atoms with Crippen molar-refractivity contribution in [3.63, 3.8) is 0 Å². The Morgan fingerprint density at radius 1 is 1.23 bits per heavy atom. The summed E-state index contributed by atoms with van der Waals surface area (Å²) in [4.78, 5) is 18.9. The zero-order valence-corrected chi connectivity index (χ0v) is 17.0. The van der Waals surface area contributed by atoms with Crippen LogP contribution in [0.3, 0.4) is 0 Å². The number of para-hydroxylation sites is 1. The Kier molecular flexibility index (Phi) is 6.12. The molecule has 30 heavy (non-hydrogen) atoms. The van der Waals surface area contributed by atoms with Crippen molar-refractivity contribution in [3.05, 3.63) is 83.3 Å². The lowest BCUT2D eigenvalue weighted by Gasteiger charge is -2.31. The fraction of sp³-hybridized carbons (Fsp3) is 0.333. The standard InChI is InChI=1S/C24H25FN2O3/c1-17-5-2-3-7-22(17)29-16-23(28)27-12-4-6-19(15-27)24-26-14-21(30-24)13-18-8-10-20(25)11-9-18/h2-3,5,7-11,14,19H,4,6,12-13,15-16H2,1H3/t19-/m1/s1. The molecular weight excluding hydrogens is 383 g/mol. The van der Waals surface area contributed by atoms with Crippen LogP contribution >= 0.6 is 0 Å². The highest BCUT2D eigenvalue weighted by atomic mass is 19.1. The van der Waals surface area contributed by atoms with Crippen molar-refractivity contribution in [3.8, 4) is 5.75 Å². The van der Waals surface area contributed by atoms with Crippen molar-refractivity contribution in [2.75, 3.05) is 19.7 Å². The van der Waals surface area contributed by atoms with Crippen molar-refractivity contribution in [1.29, 1.82) is 0 Å². The Morgan fingerprint density at radius 3 is 2.83 bits per heavy atom. The van der Waals surface area contributed by atoms with E-state index >= 15 is 0 Å². The van der Waals surface area contributed by atoms with Crippen molar-refractivity contribution in [2.45, 2.75) is 32.1 Å². The van der Waals surface area contributed by atoms with Crippen LogP contribution in [0, 0.1) is 12.7 Å². The highest BCUT2D eigenvalue weighted by Gasteiger charge is 2.28. The third-order valence-corrected chi connectivity index (χ3v) is 5.43. The van der Waals surface area contributed by atoms with Gasteiger partial charge in [-0.3, -0.25) is 4.79 Å². The van der Waals surface area contributed by atoms with Gasteiger partial charge in [-0.05, 0) is 49.1 Å². The second-order valence-corrected chi connectivity index (χ2v) is 7.70. The zero-order valence-electron chi connectivity index (χ0n) is 17.0. The molecule has 1 aromatic heterocycles. The number of hydrogen-bond acceptors (Lipinski definition) is 4. The van der Waals surface area contributed by atoms with Crippen molar-refractivity contribution in [2.24, 2.45) is 0 Å². The molecule has 3 aromatic rings. The van der Waals surface area contributed by atoms with Gasteiger partial charge in [-0.2, -0.15) is 0 Å². The maximum Gasteiger partial charge on any atom is 0.260 e. The number of ether oxygens (including phenoxy) is 1. The molecule has 6 heteroatoms. The summed E-state index contributed by atoms with van der Waals surface area (Å²) in [5.74, 6) is 1.92. The van der Waals surface area contributed by atoms with Crippen LogP contribution in [0.5, 0.6) is 5.75 Å². The number of amides is 1. The Balaban J connectivity index is 1.34. The summed E-state index contributed by atoms with van der Waals surface area (Å²) < 4.78 is 24.7. The van der Waals surface area contributed by atoms with E-state index in [2.05, 4.69) is 4.98 Å². The van der Waals surface area contributed by atoms with Crippen LogP contribution in [0.25, 0.3) is 0 Å². The van der Waals surface area contributed by atoms with Crippen molar-refractivity contribution in [1.82, 2.24) is 9.88 Å². The van der Waals surface area contributed by atoms with Crippen LogP contribution < -0.4 is 4.74 Å². The van der Waals surface area contributed by atoms with Crippen LogP contribution in [0.2, 0.25) is 0 Å². The molecule has 1 atom stereocenters. The molecule has 2 heterocycles. The predicted octanol–water partition coefficient (Wildman–Crippen LogP) is 4.50. The summed E-state index contributed by atoms with van der Waals surface area (Å²) in [6.07, 6.45) is 4.11. The fourth-order valence-electron chi connectivity index (χ4n) is 3.75. The van der Waals surface area contributed by atoms with E-state index in [1.807, 2.05) is 36.1 Å². The zero-order chi connectivity index (χ0) is 20.9. The summed E-state index contributed by atoms with van der Waals surface area (Å²) in [5, 5.41) is 0. The molecule has 0 spiro atoms. The number of aryl methyl sites for hydroxylation is 1. The van der Waals surface area contributed by atoms with Gasteiger partial charge >= 0.3 is 0 Å². The first-order chi connectivity index (χ1) is 14.6. The highest BCUT2D eigenvalue weighted by Crippen LogP contribution is 2.27. The summed E-state index contributed by atoms with van der Waals surface area (Å²) >= 11 is 0. The third kappa shape index (κ3) is 4.87. The average Bonchev–Trinajstić information content (AvgIpc) is 3.23. The van der Waals surface area contributed by atoms with Crippen molar-refractivity contribution >= 4 is 5.91 Å². The first kappa shape index (κ1) is 20.1. The first-order valence-electron chi connectivity index (χ1n) is 10.2. The van der Waals surface area contributed by atoms with Gasteiger partial charge in [0.05, 0.1) is 12.1 Å². The maximum atomic E-state index is 13.1. The minimum atomic E-state index is -0.254. The summed E-state index contributed by atoms with van der Waals surface area (Å²) in [6, 6.07) is 14.0. The molecule has 1 aliphatic rings. The number of benzene rings is 2. The summed E-state index contributed by atoms with van der Waals surface area (Å²) in [5.41, 5.74) is 1.98. The van der Waals surface area contributed by atoms with Gasteiger partial charge in [0.15, 0.2) is 12.5 Å². The maximum absolute atomic E-state index is 13.1. The number of halogens is 1. The van der Waals surface area contributed by atoms with Gasteiger partial charge in [0.25, 0.3) is 5.91 Å². The van der Waals surface area contributed by atoms with Gasteiger partial charge in [0.2, 0.25) is 0 Å². The Labute approximate surface area is 175 Å². The lowest BCUT2D eigenvalue weighted by atomic mass is 9.98. The van der Waals surface area contributed by atoms with Crippen LogP contribution in [-0.2, 0) is 11.2 Å². The topological polar surface area (TPSA) is 55.6 Å². The van der Waals surface area contributed by atoms with Crippen LogP contribution in [-0.4, -0.2) is 35.5 Å². The minimum absolute atomic E-state index is 0.0268. The van der Waals surface area contributed by atoms with E-state index in [9.17, 15) is 9.18 Å².